The van der Waals surface area contributed by atoms with E-state index in [4.69, 9.17) is 4.74 Å². The van der Waals surface area contributed by atoms with Gasteiger partial charge in [-0.25, -0.2) is 14.6 Å². The number of esters is 1. The Bertz CT molecular complexity index is 1120. The molecule has 3 aromatic rings. The van der Waals surface area contributed by atoms with Crippen molar-refractivity contribution in [2.45, 2.75) is 0 Å². The van der Waals surface area contributed by atoms with Gasteiger partial charge in [-0.15, -0.1) is 0 Å². The van der Waals surface area contributed by atoms with Crippen LogP contribution in [0.5, 0.6) is 5.75 Å². The van der Waals surface area contributed by atoms with Gasteiger partial charge < -0.3 is 10.1 Å². The molecule has 0 atom stereocenters. The van der Waals surface area contributed by atoms with Gasteiger partial charge in [-0.1, -0.05) is 15.9 Å². The number of rotatable bonds is 5. The van der Waals surface area contributed by atoms with Crippen molar-refractivity contribution < 1.29 is 23.5 Å². The number of hydrogen-bond acceptors (Lipinski definition) is 5. The maximum absolute atomic E-state index is 12.9. The van der Waals surface area contributed by atoms with E-state index >= 15 is 0 Å². The van der Waals surface area contributed by atoms with Crippen LogP contribution < -0.4 is 15.5 Å². The summed E-state index contributed by atoms with van der Waals surface area (Å²) in [6, 6.07) is 18.1. The number of nitrogens with zero attached hydrogens (tertiary/aromatic N) is 1. The third kappa shape index (κ3) is 6.58. The molecule has 0 saturated carbocycles. The van der Waals surface area contributed by atoms with E-state index in [0.717, 1.165) is 16.6 Å². The Morgan fingerprint density at radius 1 is 0.871 bits per heavy atom. The molecule has 0 unspecified atom stereocenters. The molecule has 31 heavy (non-hydrogen) atoms. The molecule has 2 N–H and O–H groups in total. The topological polar surface area (TPSA) is 96.9 Å². The van der Waals surface area contributed by atoms with E-state index in [1.54, 1.807) is 48.5 Å². The molecule has 0 aliphatic heterocycles. The standard InChI is InChI=1S/C22H15BrFN3O4/c23-16-5-3-15(4-6-16)22(30)31-19-11-1-14(2-12-19)13-25-27-21(29)20(28)26-18-9-7-17(24)8-10-18/h1-13H,(H,26,28)(H,27,29)/b25-13-. The first-order valence-electron chi connectivity index (χ1n) is 8.88. The van der Waals surface area contributed by atoms with E-state index in [0.29, 0.717) is 16.9 Å². The van der Waals surface area contributed by atoms with E-state index < -0.39 is 23.6 Å². The lowest BCUT2D eigenvalue weighted by molar-refractivity contribution is -0.136. The highest BCUT2D eigenvalue weighted by molar-refractivity contribution is 9.10. The monoisotopic (exact) mass is 483 g/mol. The Labute approximate surface area is 185 Å². The molecule has 156 valence electrons. The number of nitrogens with one attached hydrogen (secondary N) is 2. The molecule has 7 nitrogen and oxygen atoms in total. The van der Waals surface area contributed by atoms with E-state index in [1.807, 2.05) is 0 Å². The van der Waals surface area contributed by atoms with Crippen LogP contribution in [0.15, 0.2) is 82.4 Å². The van der Waals surface area contributed by atoms with Gasteiger partial charge in [-0.3, -0.25) is 9.59 Å². The second-order valence-corrected chi connectivity index (χ2v) is 7.04. The molecular weight excluding hydrogens is 469 g/mol. The lowest BCUT2D eigenvalue weighted by Gasteiger charge is -2.05. The van der Waals surface area contributed by atoms with Crippen molar-refractivity contribution in [2.75, 3.05) is 5.32 Å². The summed E-state index contributed by atoms with van der Waals surface area (Å²) in [7, 11) is 0. The van der Waals surface area contributed by atoms with Crippen LogP contribution in [-0.4, -0.2) is 24.0 Å². The van der Waals surface area contributed by atoms with E-state index in [9.17, 15) is 18.8 Å². The highest BCUT2D eigenvalue weighted by Crippen LogP contribution is 2.15. The fraction of sp³-hybridized carbons (Fsp3) is 0. The number of halogens is 2. The zero-order valence-corrected chi connectivity index (χ0v) is 17.4. The molecule has 3 aromatic carbocycles. The molecule has 0 aliphatic rings. The summed E-state index contributed by atoms with van der Waals surface area (Å²) in [6.07, 6.45) is 1.32. The number of carbonyl (C=O) groups is 3. The molecule has 0 saturated heterocycles. The molecule has 3 rings (SSSR count). The van der Waals surface area contributed by atoms with Gasteiger partial charge in [0.25, 0.3) is 0 Å². The van der Waals surface area contributed by atoms with E-state index in [1.165, 1.54) is 18.3 Å². The lowest BCUT2D eigenvalue weighted by atomic mass is 10.2. The average molecular weight is 484 g/mol. The second kappa shape index (κ2) is 10.3. The number of ether oxygens (including phenoxy) is 1. The second-order valence-electron chi connectivity index (χ2n) is 6.13. The first-order valence-corrected chi connectivity index (χ1v) is 9.68. The molecule has 0 heterocycles. The Hall–Kier alpha value is -3.85. The summed E-state index contributed by atoms with van der Waals surface area (Å²) in [5, 5.41) is 6.02. The molecule has 2 amide bonds. The first kappa shape index (κ1) is 21.8. The number of hydrogen-bond donors (Lipinski definition) is 2. The Kier molecular flexibility index (Phi) is 7.23. The normalized spacial score (nSPS) is 10.5. The quantitative estimate of drug-likeness (QED) is 0.189. The molecule has 0 aliphatic carbocycles. The molecule has 0 aromatic heterocycles. The van der Waals surface area contributed by atoms with Crippen molar-refractivity contribution in [3.63, 3.8) is 0 Å². The SMILES string of the molecule is O=C(N/N=C\c1ccc(OC(=O)c2ccc(Br)cc2)cc1)C(=O)Nc1ccc(F)cc1. The van der Waals surface area contributed by atoms with Gasteiger partial charge in [0.05, 0.1) is 11.8 Å². The van der Waals surface area contributed by atoms with Crippen molar-refractivity contribution >= 4 is 45.6 Å². The number of benzene rings is 3. The van der Waals surface area contributed by atoms with Gasteiger partial charge in [0.1, 0.15) is 11.6 Å². The summed E-state index contributed by atoms with van der Waals surface area (Å²) in [6.45, 7) is 0. The van der Waals surface area contributed by atoms with Gasteiger partial charge in [-0.2, -0.15) is 5.10 Å². The Balaban J connectivity index is 1.50. The van der Waals surface area contributed by atoms with E-state index in [-0.39, 0.29) is 5.69 Å². The summed E-state index contributed by atoms with van der Waals surface area (Å²) in [5.41, 5.74) is 3.38. The molecular formula is C22H15BrFN3O4. The van der Waals surface area contributed by atoms with Crippen LogP contribution in [0.3, 0.4) is 0 Å². The van der Waals surface area contributed by atoms with Crippen molar-refractivity contribution in [2.24, 2.45) is 5.10 Å². The van der Waals surface area contributed by atoms with Gasteiger partial charge in [-0.05, 0) is 78.4 Å². The maximum Gasteiger partial charge on any atom is 0.343 e. The Morgan fingerprint density at radius 3 is 2.16 bits per heavy atom. The highest BCUT2D eigenvalue weighted by atomic mass is 79.9. The number of amides is 2. The first-order chi connectivity index (χ1) is 14.9. The molecule has 0 bridgehead atoms. The fourth-order valence-electron chi connectivity index (χ4n) is 2.31. The van der Waals surface area contributed by atoms with Crippen LogP contribution in [0.4, 0.5) is 10.1 Å². The van der Waals surface area contributed by atoms with Crippen molar-refractivity contribution in [3.05, 3.63) is 94.2 Å². The van der Waals surface area contributed by atoms with Crippen LogP contribution in [0.25, 0.3) is 0 Å². The summed E-state index contributed by atoms with van der Waals surface area (Å²) < 4.78 is 19.0. The van der Waals surface area contributed by atoms with Crippen LogP contribution >= 0.6 is 15.9 Å². The third-order valence-corrected chi connectivity index (χ3v) is 4.39. The number of anilines is 1. The zero-order chi connectivity index (χ0) is 22.2. The zero-order valence-electron chi connectivity index (χ0n) is 15.8. The number of hydrazone groups is 1. The van der Waals surface area contributed by atoms with Gasteiger partial charge in [0.2, 0.25) is 0 Å². The van der Waals surface area contributed by atoms with Crippen LogP contribution in [-0.2, 0) is 9.59 Å². The van der Waals surface area contributed by atoms with E-state index in [2.05, 4.69) is 31.8 Å². The van der Waals surface area contributed by atoms with Crippen LogP contribution in [0.2, 0.25) is 0 Å². The van der Waals surface area contributed by atoms with Crippen LogP contribution in [0.1, 0.15) is 15.9 Å². The minimum absolute atomic E-state index is 0.277. The summed E-state index contributed by atoms with van der Waals surface area (Å²) in [4.78, 5) is 35.6. The minimum Gasteiger partial charge on any atom is -0.423 e. The van der Waals surface area contributed by atoms with Crippen LogP contribution in [0, 0.1) is 5.82 Å². The Morgan fingerprint density at radius 2 is 1.52 bits per heavy atom. The molecule has 0 spiro atoms. The minimum atomic E-state index is -0.986. The van der Waals surface area contributed by atoms with Gasteiger partial charge in [0.15, 0.2) is 0 Å². The summed E-state index contributed by atoms with van der Waals surface area (Å²) >= 11 is 3.30. The summed E-state index contributed by atoms with van der Waals surface area (Å²) in [5.74, 6) is -2.54. The molecule has 0 fully saturated rings. The van der Waals surface area contributed by atoms with Crippen molar-refractivity contribution in [1.82, 2.24) is 5.43 Å². The van der Waals surface area contributed by atoms with Gasteiger partial charge >= 0.3 is 17.8 Å². The van der Waals surface area contributed by atoms with Crippen molar-refractivity contribution in [1.29, 1.82) is 0 Å². The predicted molar refractivity (Wildman–Crippen MR) is 116 cm³/mol. The molecule has 9 heteroatoms. The van der Waals surface area contributed by atoms with Gasteiger partial charge in [0, 0.05) is 10.2 Å². The lowest BCUT2D eigenvalue weighted by Crippen LogP contribution is -2.32. The largest absolute Gasteiger partial charge is 0.423 e. The smallest absolute Gasteiger partial charge is 0.343 e. The predicted octanol–water partition coefficient (Wildman–Crippen LogP) is 3.90. The maximum atomic E-state index is 12.9. The number of carbonyl (C=O) groups excluding carboxylic acids is 3. The van der Waals surface area contributed by atoms with Crippen molar-refractivity contribution in [3.8, 4) is 5.75 Å². The highest BCUT2D eigenvalue weighted by Gasteiger charge is 2.13. The average Bonchev–Trinajstić information content (AvgIpc) is 2.77. The fourth-order valence-corrected chi connectivity index (χ4v) is 2.58. The third-order valence-electron chi connectivity index (χ3n) is 3.86. The molecule has 0 radical (unpaired) electrons.